The normalized spacial score (nSPS) is 18.3. The number of anilines is 2. The third kappa shape index (κ3) is 1.83. The van der Waals surface area contributed by atoms with Gasteiger partial charge in [0, 0.05) is 32.0 Å². The summed E-state index contributed by atoms with van der Waals surface area (Å²) in [6, 6.07) is 8.93. The molecular formula is C14H18N4. The molecule has 0 amide bonds. The van der Waals surface area contributed by atoms with Crippen LogP contribution in [0.25, 0.3) is 0 Å². The third-order valence-electron chi connectivity index (χ3n) is 3.57. The molecule has 2 aromatic rings. The summed E-state index contributed by atoms with van der Waals surface area (Å²) in [5.41, 5.74) is 2.48. The van der Waals surface area contributed by atoms with E-state index < -0.39 is 0 Å². The highest BCUT2D eigenvalue weighted by Crippen LogP contribution is 2.31. The lowest BCUT2D eigenvalue weighted by Crippen LogP contribution is -2.42. The molecule has 0 fully saturated rings. The number of benzene rings is 1. The molecule has 18 heavy (non-hydrogen) atoms. The summed E-state index contributed by atoms with van der Waals surface area (Å²) in [5.74, 6) is 1.10. The number of aromatic nitrogens is 2. The van der Waals surface area contributed by atoms with E-state index in [1.54, 1.807) is 0 Å². The number of para-hydroxylation sites is 2. The molecule has 1 unspecified atom stereocenters. The van der Waals surface area contributed by atoms with Gasteiger partial charge in [0.05, 0.1) is 17.9 Å². The highest BCUT2D eigenvalue weighted by atomic mass is 15.2. The molecule has 1 atom stereocenters. The monoisotopic (exact) mass is 242 g/mol. The van der Waals surface area contributed by atoms with Crippen molar-refractivity contribution in [2.45, 2.75) is 19.5 Å². The number of hydrogen-bond acceptors (Lipinski definition) is 3. The van der Waals surface area contributed by atoms with E-state index in [-0.39, 0.29) is 0 Å². The second kappa shape index (κ2) is 4.37. The maximum absolute atomic E-state index is 4.42. The minimum absolute atomic E-state index is 0.469. The van der Waals surface area contributed by atoms with Crippen LogP contribution in [0, 0.1) is 0 Å². The molecule has 0 radical (unpaired) electrons. The van der Waals surface area contributed by atoms with Crippen molar-refractivity contribution in [3.05, 3.63) is 42.5 Å². The molecule has 1 N–H and O–H groups in total. The highest BCUT2D eigenvalue weighted by Gasteiger charge is 2.23. The summed E-state index contributed by atoms with van der Waals surface area (Å²) in [6.45, 7) is 4.07. The quantitative estimate of drug-likeness (QED) is 0.876. The summed E-state index contributed by atoms with van der Waals surface area (Å²) in [6.07, 6.45) is 3.85. The van der Waals surface area contributed by atoms with Crippen molar-refractivity contribution in [1.82, 2.24) is 9.55 Å². The zero-order valence-corrected chi connectivity index (χ0v) is 10.8. The lowest BCUT2D eigenvalue weighted by Gasteiger charge is -2.37. The molecule has 1 aromatic heterocycles. The van der Waals surface area contributed by atoms with Gasteiger partial charge in [-0.05, 0) is 19.1 Å². The molecule has 0 aliphatic carbocycles. The minimum atomic E-state index is 0.469. The Morgan fingerprint density at radius 3 is 3.00 bits per heavy atom. The lowest BCUT2D eigenvalue weighted by molar-refractivity contribution is 0.614. The first-order valence-electron chi connectivity index (χ1n) is 6.31. The average Bonchev–Trinajstić information content (AvgIpc) is 2.79. The number of nitrogens with zero attached hydrogens (tertiary/aromatic N) is 3. The van der Waals surface area contributed by atoms with Crippen LogP contribution in [0.15, 0.2) is 36.7 Å². The van der Waals surface area contributed by atoms with Gasteiger partial charge in [0.1, 0.15) is 5.82 Å². The van der Waals surface area contributed by atoms with Crippen molar-refractivity contribution >= 4 is 11.4 Å². The summed E-state index contributed by atoms with van der Waals surface area (Å²) >= 11 is 0. The zero-order chi connectivity index (χ0) is 12.5. The Balaban J connectivity index is 1.93. The molecule has 3 rings (SSSR count). The maximum Gasteiger partial charge on any atom is 0.128 e. The second-order valence-corrected chi connectivity index (χ2v) is 4.83. The van der Waals surface area contributed by atoms with Crippen molar-refractivity contribution in [1.29, 1.82) is 0 Å². The molecule has 94 valence electrons. The maximum atomic E-state index is 4.42. The van der Waals surface area contributed by atoms with Crippen molar-refractivity contribution in [3.8, 4) is 0 Å². The fourth-order valence-corrected chi connectivity index (χ4v) is 2.42. The molecule has 1 aromatic carbocycles. The second-order valence-electron chi connectivity index (χ2n) is 4.83. The molecule has 0 bridgehead atoms. The Hall–Kier alpha value is -1.97. The van der Waals surface area contributed by atoms with Crippen LogP contribution in [-0.2, 0) is 13.6 Å². The van der Waals surface area contributed by atoms with Crippen LogP contribution in [0.5, 0.6) is 0 Å². The van der Waals surface area contributed by atoms with Crippen LogP contribution >= 0.6 is 0 Å². The van der Waals surface area contributed by atoms with E-state index in [2.05, 4.69) is 51.0 Å². The number of hydrogen-bond donors (Lipinski definition) is 1. The fraction of sp³-hybridized carbons (Fsp3) is 0.357. The van der Waals surface area contributed by atoms with Gasteiger partial charge < -0.3 is 14.8 Å². The first-order valence-corrected chi connectivity index (χ1v) is 6.31. The van der Waals surface area contributed by atoms with Gasteiger partial charge >= 0.3 is 0 Å². The zero-order valence-electron chi connectivity index (χ0n) is 10.8. The van der Waals surface area contributed by atoms with Crippen molar-refractivity contribution in [3.63, 3.8) is 0 Å². The number of rotatable bonds is 2. The van der Waals surface area contributed by atoms with Crippen LogP contribution in [0.3, 0.4) is 0 Å². The van der Waals surface area contributed by atoms with Gasteiger partial charge in [-0.3, -0.25) is 0 Å². The van der Waals surface area contributed by atoms with E-state index in [1.807, 2.05) is 19.4 Å². The highest BCUT2D eigenvalue weighted by molar-refractivity contribution is 5.72. The SMILES string of the molecule is CC1CNc2ccccc2N1Cc1nccn1C. The molecular weight excluding hydrogens is 224 g/mol. The Morgan fingerprint density at radius 2 is 2.22 bits per heavy atom. The van der Waals surface area contributed by atoms with Gasteiger partial charge in [-0.25, -0.2) is 4.98 Å². The number of nitrogens with one attached hydrogen (secondary N) is 1. The van der Waals surface area contributed by atoms with Crippen LogP contribution in [0.4, 0.5) is 11.4 Å². The van der Waals surface area contributed by atoms with Crippen molar-refractivity contribution in [2.24, 2.45) is 7.05 Å². The molecule has 2 heterocycles. The standard InChI is InChI=1S/C14H18N4/c1-11-9-16-12-5-3-4-6-13(12)18(11)10-14-15-7-8-17(14)2/h3-8,11,16H,9-10H2,1-2H3. The van der Waals surface area contributed by atoms with E-state index in [1.165, 1.54) is 11.4 Å². The van der Waals surface area contributed by atoms with Gasteiger partial charge in [0.15, 0.2) is 0 Å². The molecule has 0 saturated carbocycles. The summed E-state index contributed by atoms with van der Waals surface area (Å²) in [7, 11) is 2.04. The van der Waals surface area contributed by atoms with Crippen molar-refractivity contribution in [2.75, 3.05) is 16.8 Å². The molecule has 0 spiro atoms. The molecule has 0 saturated heterocycles. The summed E-state index contributed by atoms with van der Waals surface area (Å²) < 4.78 is 2.08. The Kier molecular flexibility index (Phi) is 2.70. The van der Waals surface area contributed by atoms with Gasteiger partial charge in [-0.15, -0.1) is 0 Å². The van der Waals surface area contributed by atoms with Gasteiger partial charge in [-0.1, -0.05) is 12.1 Å². The predicted molar refractivity (Wildman–Crippen MR) is 73.8 cm³/mol. The van der Waals surface area contributed by atoms with Crippen LogP contribution in [0.1, 0.15) is 12.7 Å². The topological polar surface area (TPSA) is 33.1 Å². The average molecular weight is 242 g/mol. The van der Waals surface area contributed by atoms with Crippen molar-refractivity contribution < 1.29 is 0 Å². The van der Waals surface area contributed by atoms with Gasteiger partial charge in [-0.2, -0.15) is 0 Å². The van der Waals surface area contributed by atoms with Crippen LogP contribution in [-0.4, -0.2) is 22.1 Å². The summed E-state index contributed by atoms with van der Waals surface area (Å²) in [5, 5.41) is 3.47. The first-order chi connectivity index (χ1) is 8.75. The Bertz CT molecular complexity index is 546. The molecule has 1 aliphatic heterocycles. The number of imidazole rings is 1. The van der Waals surface area contributed by atoms with E-state index in [4.69, 9.17) is 0 Å². The Morgan fingerprint density at radius 1 is 1.39 bits per heavy atom. The largest absolute Gasteiger partial charge is 0.381 e. The number of fused-ring (bicyclic) bond motifs is 1. The molecule has 4 heteroatoms. The molecule has 4 nitrogen and oxygen atoms in total. The van der Waals surface area contributed by atoms with Crippen LogP contribution < -0.4 is 10.2 Å². The van der Waals surface area contributed by atoms with E-state index >= 15 is 0 Å². The summed E-state index contributed by atoms with van der Waals surface area (Å²) in [4.78, 5) is 6.83. The van der Waals surface area contributed by atoms with E-state index in [0.717, 1.165) is 18.9 Å². The fourth-order valence-electron chi connectivity index (χ4n) is 2.42. The first kappa shape index (κ1) is 11.1. The van der Waals surface area contributed by atoms with Crippen LogP contribution in [0.2, 0.25) is 0 Å². The van der Waals surface area contributed by atoms with E-state index in [9.17, 15) is 0 Å². The molecule has 1 aliphatic rings. The predicted octanol–water partition coefficient (Wildman–Crippen LogP) is 2.24. The van der Waals surface area contributed by atoms with E-state index in [0.29, 0.717) is 6.04 Å². The lowest BCUT2D eigenvalue weighted by atomic mass is 10.1. The smallest absolute Gasteiger partial charge is 0.128 e. The minimum Gasteiger partial charge on any atom is -0.381 e. The third-order valence-corrected chi connectivity index (χ3v) is 3.57. The Labute approximate surface area is 107 Å². The number of aryl methyl sites for hydroxylation is 1. The van der Waals surface area contributed by atoms with Gasteiger partial charge in [0.25, 0.3) is 0 Å². The van der Waals surface area contributed by atoms with Gasteiger partial charge in [0.2, 0.25) is 0 Å².